The van der Waals surface area contributed by atoms with Crippen LogP contribution in [0.1, 0.15) is 29.5 Å². The summed E-state index contributed by atoms with van der Waals surface area (Å²) in [6.07, 6.45) is 1.52. The molecular weight excluding hydrogens is 416 g/mol. The zero-order valence-corrected chi connectivity index (χ0v) is 19.4. The molecule has 1 saturated heterocycles. The minimum atomic E-state index is -0.118. The lowest BCUT2D eigenvalue weighted by atomic mass is 10.0. The predicted molar refractivity (Wildman–Crippen MR) is 130 cm³/mol. The molecule has 3 aromatic rings. The van der Waals surface area contributed by atoms with Gasteiger partial charge in [-0.15, -0.1) is 0 Å². The van der Waals surface area contributed by atoms with E-state index in [-0.39, 0.29) is 5.91 Å². The summed E-state index contributed by atoms with van der Waals surface area (Å²) in [4.78, 5) is 17.8. The van der Waals surface area contributed by atoms with Crippen LogP contribution >= 0.6 is 0 Å². The van der Waals surface area contributed by atoms with Gasteiger partial charge in [0.25, 0.3) is 5.91 Å². The van der Waals surface area contributed by atoms with Crippen LogP contribution in [0, 0.1) is 0 Å². The summed E-state index contributed by atoms with van der Waals surface area (Å²) >= 11 is 0. The highest BCUT2D eigenvalue weighted by atomic mass is 16.5. The van der Waals surface area contributed by atoms with E-state index in [9.17, 15) is 4.79 Å². The van der Waals surface area contributed by atoms with Crippen molar-refractivity contribution in [3.05, 3.63) is 65.9 Å². The molecule has 1 aliphatic rings. The molecule has 4 rings (SSSR count). The summed E-state index contributed by atoms with van der Waals surface area (Å²) in [5.41, 5.74) is 3.20. The van der Waals surface area contributed by atoms with Crippen LogP contribution in [0.4, 0.5) is 5.69 Å². The predicted octanol–water partition coefficient (Wildman–Crippen LogP) is 3.85. The van der Waals surface area contributed by atoms with Gasteiger partial charge >= 0.3 is 0 Å². The van der Waals surface area contributed by atoms with Gasteiger partial charge < -0.3 is 19.5 Å². The first-order valence-electron chi connectivity index (χ1n) is 11.6. The summed E-state index contributed by atoms with van der Waals surface area (Å²) in [7, 11) is 1.72. The maximum Gasteiger partial charge on any atom is 0.257 e. The molecule has 2 aromatic carbocycles. The number of rotatable bonds is 9. The van der Waals surface area contributed by atoms with E-state index in [1.165, 1.54) is 0 Å². The van der Waals surface area contributed by atoms with Crippen molar-refractivity contribution in [1.82, 2.24) is 15.4 Å². The molecule has 33 heavy (non-hydrogen) atoms. The Morgan fingerprint density at radius 2 is 1.79 bits per heavy atom. The number of hydrogen-bond acceptors (Lipinski definition) is 6. The van der Waals surface area contributed by atoms with Crippen molar-refractivity contribution in [3.63, 3.8) is 0 Å². The fourth-order valence-corrected chi connectivity index (χ4v) is 4.29. The molecule has 1 amide bonds. The monoisotopic (exact) mass is 448 g/mol. The molecule has 0 saturated carbocycles. The Hall–Kier alpha value is -3.32. The van der Waals surface area contributed by atoms with Crippen molar-refractivity contribution in [2.24, 2.45) is 0 Å². The molecule has 0 radical (unpaired) electrons. The molecule has 1 N–H and O–H groups in total. The molecule has 0 atom stereocenters. The van der Waals surface area contributed by atoms with Crippen LogP contribution in [0.25, 0.3) is 11.3 Å². The second-order valence-corrected chi connectivity index (χ2v) is 8.16. The molecule has 1 fully saturated rings. The number of methoxy groups -OCH3 is 1. The molecule has 0 bridgehead atoms. The first-order valence-corrected chi connectivity index (χ1v) is 11.6. The molecular formula is C26H32N4O3. The highest BCUT2D eigenvalue weighted by Crippen LogP contribution is 2.28. The number of ether oxygens (including phenoxy) is 1. The third kappa shape index (κ3) is 5.37. The number of benzene rings is 2. The Balaban J connectivity index is 1.26. The number of nitrogens with zero attached hydrogens (tertiary/aromatic N) is 3. The van der Waals surface area contributed by atoms with E-state index in [1.54, 1.807) is 7.11 Å². The Bertz CT molecular complexity index is 1040. The number of piperazine rings is 1. The molecule has 0 unspecified atom stereocenters. The number of aromatic nitrogens is 1. The molecule has 174 valence electrons. The van der Waals surface area contributed by atoms with Crippen LogP contribution in [-0.2, 0) is 6.42 Å². The Morgan fingerprint density at radius 1 is 1.06 bits per heavy atom. The van der Waals surface area contributed by atoms with Crippen LogP contribution < -0.4 is 15.0 Å². The van der Waals surface area contributed by atoms with E-state index in [2.05, 4.69) is 32.4 Å². The van der Waals surface area contributed by atoms with Crippen LogP contribution in [0.2, 0.25) is 0 Å². The number of aryl methyl sites for hydroxylation is 1. The van der Waals surface area contributed by atoms with Crippen LogP contribution in [0.5, 0.6) is 5.75 Å². The second-order valence-electron chi connectivity index (χ2n) is 8.16. The Kier molecular flexibility index (Phi) is 7.62. The van der Waals surface area contributed by atoms with Crippen LogP contribution in [-0.4, -0.2) is 62.3 Å². The first-order chi connectivity index (χ1) is 16.2. The van der Waals surface area contributed by atoms with Gasteiger partial charge in [-0.2, -0.15) is 0 Å². The fourth-order valence-electron chi connectivity index (χ4n) is 4.29. The number of carbonyl (C=O) groups excluding carboxylic acids is 1. The van der Waals surface area contributed by atoms with Crippen molar-refractivity contribution in [2.75, 3.05) is 51.3 Å². The lowest BCUT2D eigenvalue weighted by molar-refractivity contribution is 0.0950. The number of nitrogens with one attached hydrogen (secondary N) is 1. The number of anilines is 1. The second kappa shape index (κ2) is 11.0. The van der Waals surface area contributed by atoms with Gasteiger partial charge in [-0.25, -0.2) is 0 Å². The fraction of sp³-hybridized carbons (Fsp3) is 0.385. The summed E-state index contributed by atoms with van der Waals surface area (Å²) in [6.45, 7) is 7.47. The molecule has 0 spiro atoms. The van der Waals surface area contributed by atoms with Gasteiger partial charge in [0.2, 0.25) is 0 Å². The average molecular weight is 449 g/mol. The van der Waals surface area contributed by atoms with Crippen molar-refractivity contribution < 1.29 is 14.1 Å². The van der Waals surface area contributed by atoms with E-state index in [0.717, 1.165) is 56.1 Å². The third-order valence-corrected chi connectivity index (χ3v) is 6.09. The quantitative estimate of drug-likeness (QED) is 0.502. The van der Waals surface area contributed by atoms with E-state index < -0.39 is 0 Å². The van der Waals surface area contributed by atoms with E-state index >= 15 is 0 Å². The minimum Gasteiger partial charge on any atom is -0.495 e. The Morgan fingerprint density at radius 3 is 2.52 bits per heavy atom. The van der Waals surface area contributed by atoms with Crippen LogP contribution in [0.3, 0.4) is 0 Å². The number of hydrogen-bond donors (Lipinski definition) is 1. The summed E-state index contributed by atoms with van der Waals surface area (Å²) < 4.78 is 11.0. The van der Waals surface area contributed by atoms with Crippen molar-refractivity contribution in [2.45, 2.75) is 19.8 Å². The zero-order valence-electron chi connectivity index (χ0n) is 19.4. The highest BCUT2D eigenvalue weighted by molar-refractivity contribution is 6.00. The van der Waals surface area contributed by atoms with E-state index in [1.807, 2.05) is 49.4 Å². The number of carbonyl (C=O) groups is 1. The SMILES string of the molecule is CCc1onc(-c2ccccc2)c1C(=O)NCCCN1CCN(c2ccccc2OC)CC1. The number of para-hydroxylation sites is 2. The summed E-state index contributed by atoms with van der Waals surface area (Å²) in [6, 6.07) is 17.9. The summed E-state index contributed by atoms with van der Waals surface area (Å²) in [5.74, 6) is 1.43. The normalized spacial score (nSPS) is 14.3. The topological polar surface area (TPSA) is 70.8 Å². The molecule has 2 heterocycles. The molecule has 1 aromatic heterocycles. The zero-order chi connectivity index (χ0) is 23.0. The van der Waals surface area contributed by atoms with Gasteiger partial charge in [0.15, 0.2) is 0 Å². The highest BCUT2D eigenvalue weighted by Gasteiger charge is 2.23. The average Bonchev–Trinajstić information content (AvgIpc) is 3.32. The largest absolute Gasteiger partial charge is 0.495 e. The van der Waals surface area contributed by atoms with Crippen molar-refractivity contribution >= 4 is 11.6 Å². The van der Waals surface area contributed by atoms with E-state index in [0.29, 0.717) is 30.0 Å². The minimum absolute atomic E-state index is 0.118. The first kappa shape index (κ1) is 22.9. The van der Waals surface area contributed by atoms with Crippen molar-refractivity contribution in [3.8, 4) is 17.0 Å². The maximum absolute atomic E-state index is 12.9. The van der Waals surface area contributed by atoms with Gasteiger partial charge in [0.05, 0.1) is 12.8 Å². The molecule has 1 aliphatic heterocycles. The Labute approximate surface area is 195 Å². The van der Waals surface area contributed by atoms with Crippen molar-refractivity contribution in [1.29, 1.82) is 0 Å². The number of amides is 1. The smallest absolute Gasteiger partial charge is 0.257 e. The van der Waals surface area contributed by atoms with E-state index in [4.69, 9.17) is 9.26 Å². The third-order valence-electron chi connectivity index (χ3n) is 6.09. The van der Waals surface area contributed by atoms with Gasteiger partial charge in [-0.05, 0) is 25.1 Å². The van der Waals surface area contributed by atoms with Gasteiger partial charge in [0, 0.05) is 44.7 Å². The van der Waals surface area contributed by atoms with Gasteiger partial charge in [-0.3, -0.25) is 9.69 Å². The lowest BCUT2D eigenvalue weighted by Crippen LogP contribution is -2.47. The van der Waals surface area contributed by atoms with Gasteiger partial charge in [-0.1, -0.05) is 54.5 Å². The van der Waals surface area contributed by atoms with Gasteiger partial charge in [0.1, 0.15) is 22.8 Å². The maximum atomic E-state index is 12.9. The standard InChI is InChI=1S/C26H32N4O3/c1-3-22-24(25(28-33-22)20-10-5-4-6-11-20)26(31)27-14-9-15-29-16-18-30(19-17-29)21-12-7-8-13-23(21)32-2/h4-8,10-13H,3,9,14-19H2,1-2H3,(H,27,31). The van der Waals surface area contributed by atoms with Crippen LogP contribution in [0.15, 0.2) is 59.1 Å². The lowest BCUT2D eigenvalue weighted by Gasteiger charge is -2.36. The molecule has 0 aliphatic carbocycles. The molecule has 7 heteroatoms. The molecule has 7 nitrogen and oxygen atoms in total. The summed E-state index contributed by atoms with van der Waals surface area (Å²) in [5, 5.41) is 7.23.